The van der Waals surface area contributed by atoms with Gasteiger partial charge in [0.25, 0.3) is 0 Å². The number of ether oxygens (including phenoxy) is 2. The number of hydrogen-bond donors (Lipinski definition) is 1. The van der Waals surface area contributed by atoms with E-state index in [0.29, 0.717) is 25.7 Å². The summed E-state index contributed by atoms with van der Waals surface area (Å²) in [5, 5.41) is 11.5. The molecule has 0 aromatic carbocycles. The van der Waals surface area contributed by atoms with Crippen LogP contribution in [-0.4, -0.2) is 46.9 Å². The van der Waals surface area contributed by atoms with Crippen LogP contribution in [0.5, 0.6) is 0 Å². The van der Waals surface area contributed by atoms with Gasteiger partial charge in [0.2, 0.25) is 5.78 Å². The van der Waals surface area contributed by atoms with Crippen LogP contribution < -0.4 is 0 Å². The molecular formula is C25H34O7. The number of allylic oxidation sites excluding steroid dienone is 1. The Morgan fingerprint density at radius 3 is 2.47 bits per heavy atom. The van der Waals surface area contributed by atoms with Gasteiger partial charge in [-0.25, -0.2) is 0 Å². The van der Waals surface area contributed by atoms with Crippen LogP contribution in [0.1, 0.15) is 72.6 Å². The van der Waals surface area contributed by atoms with Gasteiger partial charge >= 0.3 is 11.9 Å². The van der Waals surface area contributed by atoms with Gasteiger partial charge < -0.3 is 14.6 Å². The first-order chi connectivity index (χ1) is 14.9. The van der Waals surface area contributed by atoms with Crippen LogP contribution in [-0.2, 0) is 28.7 Å². The van der Waals surface area contributed by atoms with E-state index in [1.165, 1.54) is 13.8 Å². The second kappa shape index (κ2) is 7.79. The molecular weight excluding hydrogens is 412 g/mol. The molecule has 7 heteroatoms. The van der Waals surface area contributed by atoms with Crippen LogP contribution in [0, 0.1) is 28.6 Å². The number of ketones is 2. The van der Waals surface area contributed by atoms with E-state index in [0.717, 1.165) is 24.8 Å². The van der Waals surface area contributed by atoms with Gasteiger partial charge in [-0.05, 0) is 67.8 Å². The highest BCUT2D eigenvalue weighted by Crippen LogP contribution is 2.68. The number of carbonyl (C=O) groups excluding carboxylic acids is 4. The number of Topliss-reactive ketones (excluding diaryl/α,β-unsaturated/α-hetero) is 1. The second-order valence-corrected chi connectivity index (χ2v) is 10.7. The summed E-state index contributed by atoms with van der Waals surface area (Å²) in [4.78, 5) is 48.9. The molecule has 1 N–H and O–H groups in total. The molecule has 0 saturated heterocycles. The number of carbonyl (C=O) groups is 4. The zero-order valence-corrected chi connectivity index (χ0v) is 19.4. The van der Waals surface area contributed by atoms with Crippen LogP contribution in [0.3, 0.4) is 0 Å². The molecule has 0 bridgehead atoms. The number of fused-ring (bicyclic) bond motifs is 5. The zero-order valence-electron chi connectivity index (χ0n) is 19.4. The molecule has 0 heterocycles. The molecule has 4 aliphatic rings. The fraction of sp³-hybridized carbons (Fsp3) is 0.760. The molecule has 0 aliphatic heterocycles. The molecule has 3 fully saturated rings. The van der Waals surface area contributed by atoms with Gasteiger partial charge in [0, 0.05) is 25.7 Å². The zero-order chi connectivity index (χ0) is 23.5. The van der Waals surface area contributed by atoms with Crippen molar-refractivity contribution in [2.45, 2.75) is 84.3 Å². The number of rotatable bonds is 4. The fourth-order valence-electron chi connectivity index (χ4n) is 7.89. The third-order valence-corrected chi connectivity index (χ3v) is 9.19. The third-order valence-electron chi connectivity index (χ3n) is 9.19. The summed E-state index contributed by atoms with van der Waals surface area (Å²) in [5.74, 6) is -1.10. The number of aliphatic hydroxyl groups is 1. The monoisotopic (exact) mass is 446 g/mol. The van der Waals surface area contributed by atoms with Gasteiger partial charge in [0.15, 0.2) is 18.0 Å². The molecule has 0 spiro atoms. The number of hydrogen-bond acceptors (Lipinski definition) is 7. The van der Waals surface area contributed by atoms with E-state index in [4.69, 9.17) is 9.47 Å². The quantitative estimate of drug-likeness (QED) is 0.662. The maximum atomic E-state index is 13.4. The Morgan fingerprint density at radius 1 is 1.09 bits per heavy atom. The molecule has 7 nitrogen and oxygen atoms in total. The Labute approximate surface area is 188 Å². The summed E-state index contributed by atoms with van der Waals surface area (Å²) in [6, 6.07) is 0. The summed E-state index contributed by atoms with van der Waals surface area (Å²) in [7, 11) is 0. The van der Waals surface area contributed by atoms with Crippen molar-refractivity contribution in [3.05, 3.63) is 11.6 Å². The first kappa shape index (κ1) is 23.1. The van der Waals surface area contributed by atoms with Crippen molar-refractivity contribution in [3.8, 4) is 0 Å². The summed E-state index contributed by atoms with van der Waals surface area (Å²) in [5.41, 5.74) is -1.25. The van der Waals surface area contributed by atoms with Crippen molar-refractivity contribution >= 4 is 23.5 Å². The van der Waals surface area contributed by atoms with E-state index < -0.39 is 41.4 Å². The van der Waals surface area contributed by atoms with Crippen molar-refractivity contribution < 1.29 is 33.8 Å². The molecule has 0 unspecified atom stereocenters. The van der Waals surface area contributed by atoms with E-state index in [1.54, 1.807) is 6.08 Å². The summed E-state index contributed by atoms with van der Waals surface area (Å²) in [6.07, 6.45) is 5.39. The standard InChI is InChI=1S/C25H34O7/c1-14(26)31-13-21(30)25(32-15(2)27)10-8-19-18-6-5-16-11-17(28)7-9-23(16,3)22(18)20(29)12-24(19,25)4/h11,18-20,22,29H,5-10,12-13H2,1-4H3/t18-,19-,20+,22+,23+,24-,25-/m1/s1. The molecule has 3 saturated carbocycles. The lowest BCUT2D eigenvalue weighted by atomic mass is 9.45. The van der Waals surface area contributed by atoms with Crippen LogP contribution in [0.4, 0.5) is 0 Å². The Hall–Kier alpha value is -2.02. The van der Waals surface area contributed by atoms with Gasteiger partial charge in [0.1, 0.15) is 0 Å². The van der Waals surface area contributed by atoms with Crippen molar-refractivity contribution in [2.24, 2.45) is 28.6 Å². The first-order valence-corrected chi connectivity index (χ1v) is 11.7. The number of esters is 2. The van der Waals surface area contributed by atoms with Crippen LogP contribution in [0.15, 0.2) is 11.6 Å². The normalized spacial score (nSPS) is 42.8. The minimum absolute atomic E-state index is 0.00498. The molecule has 0 aromatic rings. The predicted octanol–water partition coefficient (Wildman–Crippen LogP) is 2.92. The Kier molecular flexibility index (Phi) is 5.63. The van der Waals surface area contributed by atoms with Crippen molar-refractivity contribution in [1.82, 2.24) is 0 Å². The van der Waals surface area contributed by atoms with Gasteiger partial charge in [-0.15, -0.1) is 0 Å². The molecule has 7 atom stereocenters. The van der Waals surface area contributed by atoms with E-state index >= 15 is 0 Å². The van der Waals surface area contributed by atoms with E-state index in [9.17, 15) is 24.3 Å². The van der Waals surface area contributed by atoms with Crippen LogP contribution in [0.2, 0.25) is 0 Å². The topological polar surface area (TPSA) is 107 Å². The minimum Gasteiger partial charge on any atom is -0.458 e. The molecule has 0 amide bonds. The smallest absolute Gasteiger partial charge is 0.303 e. The molecule has 0 aromatic heterocycles. The van der Waals surface area contributed by atoms with E-state index in [2.05, 4.69) is 6.92 Å². The van der Waals surface area contributed by atoms with Crippen molar-refractivity contribution in [3.63, 3.8) is 0 Å². The average molecular weight is 447 g/mol. The minimum atomic E-state index is -1.41. The largest absolute Gasteiger partial charge is 0.458 e. The van der Waals surface area contributed by atoms with E-state index in [1.807, 2.05) is 6.92 Å². The maximum Gasteiger partial charge on any atom is 0.303 e. The third kappa shape index (κ3) is 3.27. The van der Waals surface area contributed by atoms with Crippen LogP contribution >= 0.6 is 0 Å². The van der Waals surface area contributed by atoms with Gasteiger partial charge in [-0.1, -0.05) is 19.4 Å². The summed E-state index contributed by atoms with van der Waals surface area (Å²) >= 11 is 0. The number of aliphatic hydroxyl groups excluding tert-OH is 1. The SMILES string of the molecule is CC(=O)OCC(=O)[C@]1(OC(C)=O)CC[C@@H]2[C@H]3CCC4=CC(=O)CC[C@]4(C)[C@@H]3[C@@H](O)C[C@]21C. The van der Waals surface area contributed by atoms with Gasteiger partial charge in [-0.2, -0.15) is 0 Å². The van der Waals surface area contributed by atoms with Crippen molar-refractivity contribution in [1.29, 1.82) is 0 Å². The Balaban J connectivity index is 1.72. The lowest BCUT2D eigenvalue weighted by molar-refractivity contribution is -0.201. The Morgan fingerprint density at radius 2 is 1.81 bits per heavy atom. The van der Waals surface area contributed by atoms with Gasteiger partial charge in [0.05, 0.1) is 6.10 Å². The predicted molar refractivity (Wildman–Crippen MR) is 114 cm³/mol. The fourth-order valence-corrected chi connectivity index (χ4v) is 7.89. The average Bonchev–Trinajstić information content (AvgIpc) is 2.98. The summed E-state index contributed by atoms with van der Waals surface area (Å²) < 4.78 is 10.8. The lowest BCUT2D eigenvalue weighted by Crippen LogP contribution is -2.63. The van der Waals surface area contributed by atoms with Gasteiger partial charge in [-0.3, -0.25) is 19.2 Å². The first-order valence-electron chi connectivity index (χ1n) is 11.7. The molecule has 4 rings (SSSR count). The van der Waals surface area contributed by atoms with Crippen molar-refractivity contribution in [2.75, 3.05) is 6.61 Å². The highest BCUT2D eigenvalue weighted by Gasteiger charge is 2.70. The van der Waals surface area contributed by atoms with E-state index in [-0.39, 0.29) is 29.0 Å². The second-order valence-electron chi connectivity index (χ2n) is 10.7. The Bertz CT molecular complexity index is 891. The highest BCUT2D eigenvalue weighted by atomic mass is 16.6. The molecule has 176 valence electrons. The molecule has 4 aliphatic carbocycles. The molecule has 0 radical (unpaired) electrons. The summed E-state index contributed by atoms with van der Waals surface area (Å²) in [6.45, 7) is 6.22. The van der Waals surface area contributed by atoms with Crippen LogP contribution in [0.25, 0.3) is 0 Å². The highest BCUT2D eigenvalue weighted by molar-refractivity contribution is 5.93. The molecule has 32 heavy (non-hydrogen) atoms. The lowest BCUT2D eigenvalue weighted by Gasteiger charge is -2.60. The maximum absolute atomic E-state index is 13.4.